The van der Waals surface area contributed by atoms with Crippen LogP contribution in [0.2, 0.25) is 0 Å². The Morgan fingerprint density at radius 3 is 2.93 bits per heavy atom. The van der Waals surface area contributed by atoms with Gasteiger partial charge in [0.1, 0.15) is 5.82 Å². The van der Waals surface area contributed by atoms with E-state index in [4.69, 9.17) is 4.42 Å². The number of rotatable bonds is 4. The first kappa shape index (κ1) is 16.0. The van der Waals surface area contributed by atoms with Crippen LogP contribution in [0.4, 0.5) is 4.39 Å². The molecule has 0 fully saturated rings. The number of nitrogens with zero attached hydrogens (tertiary/aromatic N) is 3. The lowest BCUT2D eigenvalue weighted by Gasteiger charge is -2.34. The van der Waals surface area contributed by atoms with Crippen LogP contribution in [0, 0.1) is 5.82 Å². The molecule has 0 spiro atoms. The van der Waals surface area contributed by atoms with Crippen LogP contribution < -0.4 is 0 Å². The molecule has 2 N–H and O–H groups in total. The first-order chi connectivity index (χ1) is 13.3. The van der Waals surface area contributed by atoms with Crippen molar-refractivity contribution in [2.75, 3.05) is 6.54 Å². The molecule has 4 heterocycles. The summed E-state index contributed by atoms with van der Waals surface area (Å²) >= 11 is 0. The highest BCUT2D eigenvalue weighted by Crippen LogP contribution is 2.35. The zero-order valence-corrected chi connectivity index (χ0v) is 14.5. The lowest BCUT2D eigenvalue weighted by molar-refractivity contribution is 0.200. The van der Waals surface area contributed by atoms with E-state index in [1.54, 1.807) is 31.0 Å². The summed E-state index contributed by atoms with van der Waals surface area (Å²) in [7, 11) is 0. The molecule has 7 heteroatoms. The highest BCUT2D eigenvalue weighted by atomic mass is 19.1. The molecule has 27 heavy (non-hydrogen) atoms. The quantitative estimate of drug-likeness (QED) is 0.580. The zero-order chi connectivity index (χ0) is 18.2. The van der Waals surface area contributed by atoms with E-state index in [0.717, 1.165) is 41.0 Å². The third-order valence-corrected chi connectivity index (χ3v) is 5.11. The highest BCUT2D eigenvalue weighted by Gasteiger charge is 2.32. The molecule has 1 aliphatic rings. The van der Waals surface area contributed by atoms with Gasteiger partial charge in [-0.05, 0) is 30.3 Å². The van der Waals surface area contributed by atoms with E-state index in [1.165, 1.54) is 17.8 Å². The van der Waals surface area contributed by atoms with Crippen LogP contribution in [0.1, 0.15) is 28.6 Å². The molecule has 3 aromatic heterocycles. The van der Waals surface area contributed by atoms with Crippen molar-refractivity contribution in [3.63, 3.8) is 0 Å². The Balaban J connectivity index is 1.49. The lowest BCUT2D eigenvalue weighted by atomic mass is 9.96. The third kappa shape index (κ3) is 2.86. The summed E-state index contributed by atoms with van der Waals surface area (Å²) < 4.78 is 18.6. The van der Waals surface area contributed by atoms with Crippen LogP contribution in [-0.2, 0) is 13.0 Å². The van der Waals surface area contributed by atoms with E-state index in [9.17, 15) is 4.39 Å². The minimum atomic E-state index is -0.248. The molecule has 0 bridgehead atoms. The maximum atomic E-state index is 13.3. The monoisotopic (exact) mass is 363 g/mol. The van der Waals surface area contributed by atoms with Gasteiger partial charge in [-0.2, -0.15) is 5.10 Å². The van der Waals surface area contributed by atoms with Gasteiger partial charge in [0, 0.05) is 41.9 Å². The molecule has 0 amide bonds. The van der Waals surface area contributed by atoms with Gasteiger partial charge in [0.2, 0.25) is 0 Å². The van der Waals surface area contributed by atoms with E-state index in [2.05, 4.69) is 25.1 Å². The van der Waals surface area contributed by atoms with Gasteiger partial charge in [-0.3, -0.25) is 10.00 Å². The summed E-state index contributed by atoms with van der Waals surface area (Å²) in [4.78, 5) is 10.2. The van der Waals surface area contributed by atoms with E-state index in [1.807, 2.05) is 12.3 Å². The van der Waals surface area contributed by atoms with Crippen molar-refractivity contribution in [3.8, 4) is 11.3 Å². The normalized spacial score (nSPS) is 17.1. The summed E-state index contributed by atoms with van der Waals surface area (Å²) in [5.41, 5.74) is 6.18. The van der Waals surface area contributed by atoms with Crippen molar-refractivity contribution in [2.24, 2.45) is 0 Å². The molecule has 0 saturated carbocycles. The molecule has 1 aromatic carbocycles. The Morgan fingerprint density at radius 2 is 2.11 bits per heavy atom. The smallest absolute Gasteiger partial charge is 0.123 e. The summed E-state index contributed by atoms with van der Waals surface area (Å²) in [6.45, 7) is 1.59. The van der Waals surface area contributed by atoms with Gasteiger partial charge >= 0.3 is 0 Å². The SMILES string of the molecule is Fc1ccc(-c2[nH]ncc2CN2CCc3[nH]cnc3C2c2ccoc2)cc1. The van der Waals surface area contributed by atoms with Crippen molar-refractivity contribution in [1.82, 2.24) is 25.1 Å². The molecule has 1 unspecified atom stereocenters. The van der Waals surface area contributed by atoms with E-state index in [-0.39, 0.29) is 11.9 Å². The Hall–Kier alpha value is -3.19. The van der Waals surface area contributed by atoms with Gasteiger partial charge < -0.3 is 9.40 Å². The average Bonchev–Trinajstić information content (AvgIpc) is 3.44. The number of aromatic amines is 2. The standard InChI is InChI=1S/C20H18FN5O/c21-16-3-1-13(2-4-16)18-15(9-24-25-18)10-26-7-5-17-19(23-12-22-17)20(26)14-6-8-27-11-14/h1-4,6,8-9,11-12,20H,5,7,10H2,(H,22,23)(H,24,25). The predicted octanol–water partition coefficient (Wildman–Crippen LogP) is 3.68. The Kier molecular flexibility index (Phi) is 3.86. The summed E-state index contributed by atoms with van der Waals surface area (Å²) in [5.74, 6) is -0.248. The average molecular weight is 363 g/mol. The molecule has 1 atom stereocenters. The second-order valence-corrected chi connectivity index (χ2v) is 6.72. The van der Waals surface area contributed by atoms with Crippen LogP contribution in [0.3, 0.4) is 0 Å². The number of H-pyrrole nitrogens is 2. The minimum absolute atomic E-state index is 0.0229. The van der Waals surface area contributed by atoms with Crippen LogP contribution >= 0.6 is 0 Å². The molecule has 0 saturated heterocycles. The number of aromatic nitrogens is 4. The van der Waals surface area contributed by atoms with E-state index < -0.39 is 0 Å². The second-order valence-electron chi connectivity index (χ2n) is 6.72. The molecule has 0 radical (unpaired) electrons. The van der Waals surface area contributed by atoms with E-state index in [0.29, 0.717) is 6.54 Å². The number of nitrogens with one attached hydrogen (secondary N) is 2. The second kappa shape index (κ2) is 6.51. The third-order valence-electron chi connectivity index (χ3n) is 5.11. The van der Waals surface area contributed by atoms with Crippen molar-refractivity contribution in [1.29, 1.82) is 0 Å². The first-order valence-electron chi connectivity index (χ1n) is 8.86. The molecule has 1 aliphatic heterocycles. The number of hydrogen-bond acceptors (Lipinski definition) is 4. The summed E-state index contributed by atoms with van der Waals surface area (Å²) in [5, 5.41) is 7.28. The molecular weight excluding hydrogens is 345 g/mol. The Bertz CT molecular complexity index is 1030. The molecular formula is C20H18FN5O. The maximum Gasteiger partial charge on any atom is 0.123 e. The molecule has 6 nitrogen and oxygen atoms in total. The number of hydrogen-bond donors (Lipinski definition) is 2. The first-order valence-corrected chi connectivity index (χ1v) is 8.86. The van der Waals surface area contributed by atoms with Crippen LogP contribution in [0.25, 0.3) is 11.3 Å². The number of benzene rings is 1. The van der Waals surface area contributed by atoms with Crippen molar-refractivity contribution in [3.05, 3.63) is 83.7 Å². The van der Waals surface area contributed by atoms with Gasteiger partial charge in [-0.15, -0.1) is 0 Å². The number of furan rings is 1. The molecule has 136 valence electrons. The van der Waals surface area contributed by atoms with Crippen LogP contribution in [0.15, 0.2) is 59.8 Å². The Morgan fingerprint density at radius 1 is 1.22 bits per heavy atom. The van der Waals surface area contributed by atoms with Gasteiger partial charge in [-0.1, -0.05) is 0 Å². The summed E-state index contributed by atoms with van der Waals surface area (Å²) in [6.07, 6.45) is 7.97. The van der Waals surface area contributed by atoms with Crippen LogP contribution in [-0.4, -0.2) is 31.6 Å². The van der Waals surface area contributed by atoms with Crippen molar-refractivity contribution in [2.45, 2.75) is 19.0 Å². The fraction of sp³-hybridized carbons (Fsp3) is 0.200. The number of fused-ring (bicyclic) bond motifs is 1. The van der Waals surface area contributed by atoms with Crippen molar-refractivity contribution >= 4 is 0 Å². The molecule has 5 rings (SSSR count). The van der Waals surface area contributed by atoms with E-state index >= 15 is 0 Å². The van der Waals surface area contributed by atoms with Gasteiger partial charge in [0.25, 0.3) is 0 Å². The summed E-state index contributed by atoms with van der Waals surface area (Å²) in [6, 6.07) is 8.47. The highest BCUT2D eigenvalue weighted by molar-refractivity contribution is 5.62. The van der Waals surface area contributed by atoms with Crippen molar-refractivity contribution < 1.29 is 8.81 Å². The van der Waals surface area contributed by atoms with Gasteiger partial charge in [-0.25, -0.2) is 9.37 Å². The maximum absolute atomic E-state index is 13.3. The van der Waals surface area contributed by atoms with Gasteiger partial charge in [0.05, 0.1) is 42.5 Å². The number of imidazole rings is 1. The minimum Gasteiger partial charge on any atom is -0.472 e. The Labute approximate surface area is 155 Å². The lowest BCUT2D eigenvalue weighted by Crippen LogP contribution is -2.35. The topological polar surface area (TPSA) is 73.7 Å². The fourth-order valence-electron chi connectivity index (χ4n) is 3.81. The largest absolute Gasteiger partial charge is 0.472 e. The molecule has 0 aliphatic carbocycles. The van der Waals surface area contributed by atoms with Crippen LogP contribution in [0.5, 0.6) is 0 Å². The van der Waals surface area contributed by atoms with Gasteiger partial charge in [0.15, 0.2) is 0 Å². The fourth-order valence-corrected chi connectivity index (χ4v) is 3.81. The molecule has 4 aromatic rings. The number of halogens is 1. The zero-order valence-electron chi connectivity index (χ0n) is 14.5. The predicted molar refractivity (Wildman–Crippen MR) is 97.2 cm³/mol.